The molecule has 1 heterocycles. The molecule has 1 saturated heterocycles. The van der Waals surface area contributed by atoms with E-state index in [1.54, 1.807) is 13.8 Å². The smallest absolute Gasteiger partial charge is 0.309 e. The number of nitrogens with one attached hydrogen (secondary N) is 2. The summed E-state index contributed by atoms with van der Waals surface area (Å²) in [6, 6.07) is 13.6. The van der Waals surface area contributed by atoms with Gasteiger partial charge in [0.05, 0.1) is 18.0 Å². The van der Waals surface area contributed by atoms with Crippen LogP contribution in [0.5, 0.6) is 0 Å². The largest absolute Gasteiger partial charge is 0.360 e. The van der Waals surface area contributed by atoms with Crippen LogP contribution in [0.1, 0.15) is 35.1 Å². The van der Waals surface area contributed by atoms with E-state index in [0.717, 1.165) is 17.5 Å². The highest BCUT2D eigenvalue weighted by Crippen LogP contribution is 2.28. The Bertz CT molecular complexity index is 1100. The number of hydrogen-bond acceptors (Lipinski definition) is 5. The molecular weight excluding hydrogens is 454 g/mol. The SMILES string of the molecule is Cc1cc(C)c(S(=O)(=O)N2CCCO[C@@H]2CNC(=O)C(=O)NCCCc2ccccc2)c(C)c1. The standard InChI is InChI=1S/C25H33N3O5S/c1-18-15-19(2)23(20(3)16-18)34(31,32)28-13-8-14-33-22(28)17-27-25(30)24(29)26-12-7-11-21-9-5-4-6-10-21/h4-6,9-10,15-16,22H,7-8,11-14,17H2,1-3H3,(H,26,29)(H,27,30)/t22-/m1/s1. The first kappa shape index (κ1) is 25.9. The topological polar surface area (TPSA) is 105 Å². The molecule has 0 unspecified atom stereocenters. The number of amides is 2. The molecule has 9 heteroatoms. The molecule has 1 aliphatic heterocycles. The highest BCUT2D eigenvalue weighted by atomic mass is 32.2. The Morgan fingerprint density at radius 2 is 1.68 bits per heavy atom. The number of hydrogen-bond donors (Lipinski definition) is 2. The van der Waals surface area contributed by atoms with Crippen LogP contribution in [0.25, 0.3) is 0 Å². The second-order valence-corrected chi connectivity index (χ2v) is 10.4. The lowest BCUT2D eigenvalue weighted by molar-refractivity contribution is -0.140. The van der Waals surface area contributed by atoms with Gasteiger partial charge in [-0.25, -0.2) is 8.42 Å². The van der Waals surface area contributed by atoms with Gasteiger partial charge in [0.15, 0.2) is 0 Å². The predicted molar refractivity (Wildman–Crippen MR) is 130 cm³/mol. The second-order valence-electron chi connectivity index (χ2n) is 8.58. The third kappa shape index (κ3) is 6.43. The molecule has 0 radical (unpaired) electrons. The maximum absolute atomic E-state index is 13.5. The summed E-state index contributed by atoms with van der Waals surface area (Å²) >= 11 is 0. The van der Waals surface area contributed by atoms with E-state index in [4.69, 9.17) is 4.74 Å². The van der Waals surface area contributed by atoms with E-state index in [9.17, 15) is 18.0 Å². The molecular formula is C25H33N3O5S. The summed E-state index contributed by atoms with van der Waals surface area (Å²) in [6.45, 7) is 6.39. The van der Waals surface area contributed by atoms with E-state index in [1.165, 1.54) is 4.31 Å². The van der Waals surface area contributed by atoms with Crippen molar-refractivity contribution in [3.63, 3.8) is 0 Å². The lowest BCUT2D eigenvalue weighted by Crippen LogP contribution is -2.53. The fourth-order valence-corrected chi connectivity index (χ4v) is 6.25. The van der Waals surface area contributed by atoms with Gasteiger partial charge in [-0.15, -0.1) is 0 Å². The number of aryl methyl sites for hydroxylation is 4. The van der Waals surface area contributed by atoms with Crippen molar-refractivity contribution in [2.75, 3.05) is 26.2 Å². The molecule has 0 spiro atoms. The zero-order valence-corrected chi connectivity index (χ0v) is 20.8. The molecule has 2 N–H and O–H groups in total. The van der Waals surface area contributed by atoms with Gasteiger partial charge in [-0.1, -0.05) is 48.0 Å². The number of sulfonamides is 1. The van der Waals surface area contributed by atoms with E-state index >= 15 is 0 Å². The first-order chi connectivity index (χ1) is 16.2. The normalized spacial score (nSPS) is 16.7. The van der Waals surface area contributed by atoms with Crippen LogP contribution in [0.3, 0.4) is 0 Å². The molecule has 2 amide bonds. The summed E-state index contributed by atoms with van der Waals surface area (Å²) in [5, 5.41) is 5.12. The van der Waals surface area contributed by atoms with Gasteiger partial charge in [-0.2, -0.15) is 4.31 Å². The van der Waals surface area contributed by atoms with Crippen LogP contribution >= 0.6 is 0 Å². The van der Waals surface area contributed by atoms with Crippen molar-refractivity contribution in [2.45, 2.75) is 51.2 Å². The van der Waals surface area contributed by atoms with E-state index in [1.807, 2.05) is 49.4 Å². The van der Waals surface area contributed by atoms with Crippen LogP contribution in [0.15, 0.2) is 47.4 Å². The molecule has 8 nitrogen and oxygen atoms in total. The average Bonchev–Trinajstić information content (AvgIpc) is 2.80. The molecule has 1 fully saturated rings. The minimum atomic E-state index is -3.84. The third-order valence-electron chi connectivity index (χ3n) is 5.74. The first-order valence-electron chi connectivity index (χ1n) is 11.5. The molecule has 0 bridgehead atoms. The van der Waals surface area contributed by atoms with Gasteiger partial charge < -0.3 is 15.4 Å². The number of rotatable bonds is 8. The van der Waals surface area contributed by atoms with E-state index < -0.39 is 28.1 Å². The maximum atomic E-state index is 13.5. The van der Waals surface area contributed by atoms with Crippen LogP contribution in [-0.2, 0) is 30.8 Å². The number of nitrogens with zero attached hydrogens (tertiary/aromatic N) is 1. The summed E-state index contributed by atoms with van der Waals surface area (Å²) in [6.07, 6.45) is 1.17. The Labute approximate surface area is 201 Å². The summed E-state index contributed by atoms with van der Waals surface area (Å²) in [5.74, 6) is -1.56. The monoisotopic (exact) mass is 487 g/mol. The molecule has 2 aromatic rings. The van der Waals surface area contributed by atoms with Gasteiger partial charge in [-0.3, -0.25) is 9.59 Å². The molecule has 0 saturated carbocycles. The summed E-state index contributed by atoms with van der Waals surface area (Å²) in [7, 11) is -3.84. The molecule has 0 aromatic heterocycles. The molecule has 34 heavy (non-hydrogen) atoms. The van der Waals surface area contributed by atoms with Crippen molar-refractivity contribution < 1.29 is 22.7 Å². The van der Waals surface area contributed by atoms with Crippen LogP contribution in [0, 0.1) is 20.8 Å². The molecule has 3 rings (SSSR count). The number of carbonyl (C=O) groups excluding carboxylic acids is 2. The number of carbonyl (C=O) groups is 2. The Morgan fingerprint density at radius 3 is 2.35 bits per heavy atom. The Morgan fingerprint density at radius 1 is 1.03 bits per heavy atom. The predicted octanol–water partition coefficient (Wildman–Crippen LogP) is 2.21. The lowest BCUT2D eigenvalue weighted by atomic mass is 10.1. The van der Waals surface area contributed by atoms with Crippen LogP contribution in [-0.4, -0.2) is 57.0 Å². The van der Waals surface area contributed by atoms with Crippen molar-refractivity contribution in [2.24, 2.45) is 0 Å². The number of benzene rings is 2. The van der Waals surface area contributed by atoms with E-state index in [2.05, 4.69) is 10.6 Å². The maximum Gasteiger partial charge on any atom is 0.309 e. The van der Waals surface area contributed by atoms with Crippen molar-refractivity contribution in [3.8, 4) is 0 Å². The Hall–Kier alpha value is -2.75. The highest BCUT2D eigenvalue weighted by molar-refractivity contribution is 7.89. The average molecular weight is 488 g/mol. The van der Waals surface area contributed by atoms with Gasteiger partial charge in [0.1, 0.15) is 6.23 Å². The minimum absolute atomic E-state index is 0.112. The lowest BCUT2D eigenvalue weighted by Gasteiger charge is -2.35. The van der Waals surface area contributed by atoms with Crippen LogP contribution in [0.4, 0.5) is 0 Å². The van der Waals surface area contributed by atoms with Crippen molar-refractivity contribution >= 4 is 21.8 Å². The first-order valence-corrected chi connectivity index (χ1v) is 13.0. The highest BCUT2D eigenvalue weighted by Gasteiger charge is 2.36. The van der Waals surface area contributed by atoms with Gasteiger partial charge in [0, 0.05) is 13.1 Å². The van der Waals surface area contributed by atoms with Crippen molar-refractivity contribution in [1.82, 2.24) is 14.9 Å². The second kappa shape index (κ2) is 11.6. The molecule has 1 atom stereocenters. The third-order valence-corrected chi connectivity index (χ3v) is 7.93. The van der Waals surface area contributed by atoms with Crippen molar-refractivity contribution in [3.05, 3.63) is 64.7 Å². The zero-order chi connectivity index (χ0) is 24.7. The van der Waals surface area contributed by atoms with E-state index in [-0.39, 0.29) is 18.0 Å². The fourth-order valence-electron chi connectivity index (χ4n) is 4.27. The van der Waals surface area contributed by atoms with Gasteiger partial charge in [0.2, 0.25) is 10.0 Å². The van der Waals surface area contributed by atoms with E-state index in [0.29, 0.717) is 37.1 Å². The number of ether oxygens (including phenoxy) is 1. The zero-order valence-electron chi connectivity index (χ0n) is 20.0. The summed E-state index contributed by atoms with van der Waals surface area (Å²) in [5.41, 5.74) is 3.49. The van der Waals surface area contributed by atoms with Crippen molar-refractivity contribution in [1.29, 1.82) is 0 Å². The van der Waals surface area contributed by atoms with Gasteiger partial charge in [0.25, 0.3) is 0 Å². The Balaban J connectivity index is 1.56. The molecule has 0 aliphatic carbocycles. The quantitative estimate of drug-likeness (QED) is 0.439. The van der Waals surface area contributed by atoms with Gasteiger partial charge >= 0.3 is 11.8 Å². The van der Waals surface area contributed by atoms with Gasteiger partial charge in [-0.05, 0) is 56.7 Å². The van der Waals surface area contributed by atoms with Crippen LogP contribution in [0.2, 0.25) is 0 Å². The van der Waals surface area contributed by atoms with Crippen LogP contribution < -0.4 is 10.6 Å². The molecule has 2 aromatic carbocycles. The fraction of sp³-hybridized carbons (Fsp3) is 0.440. The summed E-state index contributed by atoms with van der Waals surface area (Å²) < 4.78 is 33.9. The molecule has 1 aliphatic rings. The minimum Gasteiger partial charge on any atom is -0.360 e. The Kier molecular flexibility index (Phi) is 8.82. The molecule has 184 valence electrons. The summed E-state index contributed by atoms with van der Waals surface area (Å²) in [4.78, 5) is 24.7.